The first-order valence-corrected chi connectivity index (χ1v) is 11.4. The van der Waals surface area contributed by atoms with Crippen molar-refractivity contribution in [3.05, 3.63) is 23.5 Å². The Morgan fingerprint density at radius 2 is 1.79 bits per heavy atom. The first-order chi connectivity index (χ1) is 15.8. The molecule has 0 aromatic carbocycles. The maximum atomic E-state index is 13.9. The quantitative estimate of drug-likeness (QED) is 0.579. The van der Waals surface area contributed by atoms with Gasteiger partial charge in [-0.2, -0.15) is 18.3 Å². The van der Waals surface area contributed by atoms with E-state index in [0.29, 0.717) is 23.4 Å². The molecule has 11 heteroatoms. The second-order valence-corrected chi connectivity index (χ2v) is 10.6. The van der Waals surface area contributed by atoms with Crippen molar-refractivity contribution in [3.63, 3.8) is 0 Å². The Kier molecular flexibility index (Phi) is 5.80. The summed E-state index contributed by atoms with van der Waals surface area (Å²) >= 11 is 0. The summed E-state index contributed by atoms with van der Waals surface area (Å²) in [5.41, 5.74) is 2.28. The third-order valence-corrected chi connectivity index (χ3v) is 7.85. The van der Waals surface area contributed by atoms with Crippen LogP contribution < -0.4 is 16.4 Å². The lowest BCUT2D eigenvalue weighted by atomic mass is 9.47. The Morgan fingerprint density at radius 1 is 1.18 bits per heavy atom. The Morgan fingerprint density at radius 3 is 2.32 bits per heavy atom. The van der Waals surface area contributed by atoms with Gasteiger partial charge in [0.15, 0.2) is 5.69 Å². The highest BCUT2D eigenvalue weighted by atomic mass is 19.4. The summed E-state index contributed by atoms with van der Waals surface area (Å²) in [7, 11) is 1.44. The van der Waals surface area contributed by atoms with Crippen LogP contribution in [0, 0.1) is 28.6 Å². The van der Waals surface area contributed by atoms with Crippen LogP contribution in [0.15, 0.2) is 12.3 Å². The first kappa shape index (κ1) is 24.3. The van der Waals surface area contributed by atoms with Gasteiger partial charge in [0.25, 0.3) is 5.91 Å². The van der Waals surface area contributed by atoms with E-state index in [-0.39, 0.29) is 29.7 Å². The average molecular weight is 482 g/mol. The second-order valence-electron chi connectivity index (χ2n) is 10.6. The van der Waals surface area contributed by atoms with Gasteiger partial charge < -0.3 is 16.4 Å². The molecule has 2 unspecified atom stereocenters. The number of nitrogens with one attached hydrogen (secondary N) is 2. The molecular formula is C23H30F3N5O3. The molecule has 3 amide bonds. The molecule has 1 aromatic rings. The molecule has 0 spiro atoms. The third kappa shape index (κ3) is 4.09. The van der Waals surface area contributed by atoms with Crippen LogP contribution in [0.1, 0.15) is 62.0 Å². The number of halogens is 3. The highest BCUT2D eigenvalue weighted by Gasteiger charge is 2.58. The topological polar surface area (TPSA) is 119 Å². The highest BCUT2D eigenvalue weighted by molar-refractivity contribution is 5.96. The number of nitrogens with two attached hydrogens (primary N) is 1. The summed E-state index contributed by atoms with van der Waals surface area (Å²) in [6.07, 6.45) is 1.95. The zero-order valence-electron chi connectivity index (χ0n) is 19.4. The zero-order valence-corrected chi connectivity index (χ0v) is 19.4. The number of hydrogen-bond donors (Lipinski definition) is 3. The summed E-state index contributed by atoms with van der Waals surface area (Å²) in [5, 5.41) is 9.05. The van der Waals surface area contributed by atoms with Gasteiger partial charge in [0, 0.05) is 24.7 Å². The SMILES string of the molecule is CNC(=O)C(C)(C)/C=C/n1ncc(C(=O)N[C@H]2C3CC4CC2C[C@](C(N)=O)(C4)C3)c1C(F)(F)F. The Bertz CT molecular complexity index is 1030. The van der Waals surface area contributed by atoms with E-state index in [1.54, 1.807) is 13.8 Å². The van der Waals surface area contributed by atoms with Crippen molar-refractivity contribution >= 4 is 23.9 Å². The van der Waals surface area contributed by atoms with E-state index in [0.717, 1.165) is 31.7 Å². The van der Waals surface area contributed by atoms with E-state index in [1.165, 1.54) is 13.1 Å². The molecule has 5 rings (SSSR count). The van der Waals surface area contributed by atoms with Crippen LogP contribution in [0.2, 0.25) is 0 Å². The Balaban J connectivity index is 1.58. The summed E-state index contributed by atoms with van der Waals surface area (Å²) in [6.45, 7) is 3.11. The smallest absolute Gasteiger partial charge is 0.369 e. The highest BCUT2D eigenvalue weighted by Crippen LogP contribution is 2.60. The van der Waals surface area contributed by atoms with Crippen molar-refractivity contribution in [2.45, 2.75) is 58.2 Å². The summed E-state index contributed by atoms with van der Waals surface area (Å²) in [6, 6.07) is -0.302. The molecular weight excluding hydrogens is 451 g/mol. The number of primary amides is 1. The van der Waals surface area contributed by atoms with Gasteiger partial charge in [-0.3, -0.25) is 14.4 Å². The molecule has 2 atom stereocenters. The standard InChI is InChI=1S/C23H30F3N5O3/c1-21(2,20(34)28-3)4-5-31-17(23(24,25)26)15(11-29-31)18(32)30-16-13-6-12-7-14(16)10-22(8-12,9-13)19(27)33/h4-5,11-14,16H,6-10H2,1-3H3,(H2,27,33)(H,28,34)(H,30,32)/b5-4+/t12?,13?,14?,16-,22-. The number of carbonyl (C=O) groups excluding carboxylic acids is 3. The molecule has 4 saturated carbocycles. The minimum absolute atomic E-state index is 0.0142. The maximum Gasteiger partial charge on any atom is 0.434 e. The minimum Gasteiger partial charge on any atom is -0.369 e. The van der Waals surface area contributed by atoms with E-state index < -0.39 is 34.2 Å². The number of carbonyl (C=O) groups is 3. The van der Waals surface area contributed by atoms with E-state index in [1.807, 2.05) is 0 Å². The minimum atomic E-state index is -4.84. The molecule has 0 saturated heterocycles. The van der Waals surface area contributed by atoms with E-state index >= 15 is 0 Å². The van der Waals surface area contributed by atoms with Gasteiger partial charge in [0.2, 0.25) is 11.8 Å². The largest absolute Gasteiger partial charge is 0.434 e. The molecule has 8 nitrogen and oxygen atoms in total. The van der Waals surface area contributed by atoms with Gasteiger partial charge in [-0.25, -0.2) is 4.68 Å². The van der Waals surface area contributed by atoms with Crippen LogP contribution in [-0.4, -0.2) is 40.6 Å². The molecule has 4 N–H and O–H groups in total. The third-order valence-electron chi connectivity index (χ3n) is 7.85. The normalized spacial score (nSPS) is 30.5. The first-order valence-electron chi connectivity index (χ1n) is 11.4. The number of amides is 3. The van der Waals surface area contributed by atoms with Gasteiger partial charge in [-0.05, 0) is 63.7 Å². The Hall–Kier alpha value is -2.85. The fourth-order valence-electron chi connectivity index (χ4n) is 6.37. The second kappa shape index (κ2) is 8.13. The summed E-state index contributed by atoms with van der Waals surface area (Å²) in [5.74, 6) is -1.15. The van der Waals surface area contributed by atoms with Crippen molar-refractivity contribution in [2.24, 2.45) is 34.3 Å². The van der Waals surface area contributed by atoms with Gasteiger partial charge in [0.1, 0.15) is 0 Å². The van der Waals surface area contributed by atoms with Crippen LogP contribution in [0.4, 0.5) is 13.2 Å². The predicted octanol–water partition coefficient (Wildman–Crippen LogP) is 2.55. The van der Waals surface area contributed by atoms with Crippen molar-refractivity contribution in [1.29, 1.82) is 0 Å². The van der Waals surface area contributed by atoms with Crippen molar-refractivity contribution in [2.75, 3.05) is 7.05 Å². The van der Waals surface area contributed by atoms with Gasteiger partial charge in [0.05, 0.1) is 17.2 Å². The van der Waals surface area contributed by atoms with Crippen LogP contribution in [0.25, 0.3) is 6.20 Å². The lowest BCUT2D eigenvalue weighted by molar-refractivity contribution is -0.145. The van der Waals surface area contributed by atoms with Gasteiger partial charge in [-0.15, -0.1) is 0 Å². The van der Waals surface area contributed by atoms with Crippen molar-refractivity contribution in [1.82, 2.24) is 20.4 Å². The van der Waals surface area contributed by atoms with E-state index in [4.69, 9.17) is 5.73 Å². The molecule has 4 fully saturated rings. The van der Waals surface area contributed by atoms with E-state index in [9.17, 15) is 27.6 Å². The molecule has 34 heavy (non-hydrogen) atoms. The van der Waals surface area contributed by atoms with Crippen molar-refractivity contribution in [3.8, 4) is 0 Å². The lowest BCUT2D eigenvalue weighted by Crippen LogP contribution is -2.62. The molecule has 4 bridgehead atoms. The number of rotatable bonds is 6. The number of aromatic nitrogens is 2. The summed E-state index contributed by atoms with van der Waals surface area (Å²) in [4.78, 5) is 37.1. The van der Waals surface area contributed by atoms with Crippen LogP contribution in [0.5, 0.6) is 0 Å². The zero-order chi connectivity index (χ0) is 25.1. The molecule has 4 aliphatic carbocycles. The summed E-state index contributed by atoms with van der Waals surface area (Å²) < 4.78 is 42.4. The molecule has 0 radical (unpaired) electrons. The maximum absolute atomic E-state index is 13.9. The Labute approximate surface area is 195 Å². The number of alkyl halides is 3. The number of nitrogens with zero attached hydrogens (tertiary/aromatic N) is 2. The van der Waals surface area contributed by atoms with E-state index in [2.05, 4.69) is 15.7 Å². The predicted molar refractivity (Wildman–Crippen MR) is 117 cm³/mol. The number of hydrogen-bond acceptors (Lipinski definition) is 4. The molecule has 4 aliphatic rings. The van der Waals surface area contributed by atoms with Gasteiger partial charge in [-0.1, -0.05) is 6.08 Å². The molecule has 0 aliphatic heterocycles. The monoisotopic (exact) mass is 481 g/mol. The molecule has 186 valence electrons. The van der Waals surface area contributed by atoms with Crippen LogP contribution in [-0.2, 0) is 15.8 Å². The van der Waals surface area contributed by atoms with Crippen LogP contribution >= 0.6 is 0 Å². The fourth-order valence-corrected chi connectivity index (χ4v) is 6.37. The van der Waals surface area contributed by atoms with Crippen LogP contribution in [0.3, 0.4) is 0 Å². The fraction of sp³-hybridized carbons (Fsp3) is 0.652. The molecule has 1 aromatic heterocycles. The van der Waals surface area contributed by atoms with Crippen molar-refractivity contribution < 1.29 is 27.6 Å². The van der Waals surface area contributed by atoms with Gasteiger partial charge >= 0.3 is 6.18 Å². The average Bonchev–Trinajstić information content (AvgIpc) is 3.18. The lowest BCUT2D eigenvalue weighted by Gasteiger charge is -2.58. The molecule has 1 heterocycles.